The zero-order chi connectivity index (χ0) is 18.6. The minimum absolute atomic E-state index is 0.0314. The summed E-state index contributed by atoms with van der Waals surface area (Å²) < 4.78 is 0. The van der Waals surface area contributed by atoms with E-state index in [0.29, 0.717) is 11.4 Å². The highest BCUT2D eigenvalue weighted by Crippen LogP contribution is 2.31. The van der Waals surface area contributed by atoms with Crippen molar-refractivity contribution in [3.63, 3.8) is 0 Å². The van der Waals surface area contributed by atoms with Crippen molar-refractivity contribution >= 4 is 28.6 Å². The number of likely N-dealkylation sites (tertiary alicyclic amines) is 1. The van der Waals surface area contributed by atoms with Gasteiger partial charge in [0.2, 0.25) is 0 Å². The fraction of sp³-hybridized carbons (Fsp3) is 0.333. The molecule has 1 fully saturated rings. The first kappa shape index (κ1) is 18.3. The second-order valence-electron chi connectivity index (χ2n) is 7.00. The first-order valence-corrected chi connectivity index (χ1v) is 11.1. The topological polar surface area (TPSA) is 46.4 Å². The van der Waals surface area contributed by atoms with E-state index in [-0.39, 0.29) is 5.91 Å². The van der Waals surface area contributed by atoms with Gasteiger partial charge in [-0.05, 0) is 23.9 Å². The van der Waals surface area contributed by atoms with Crippen LogP contribution in [-0.2, 0) is 13.1 Å². The van der Waals surface area contributed by atoms with Gasteiger partial charge >= 0.3 is 0 Å². The van der Waals surface area contributed by atoms with Crippen LogP contribution in [0.5, 0.6) is 0 Å². The van der Waals surface area contributed by atoms with Crippen LogP contribution >= 0.6 is 22.7 Å². The van der Waals surface area contributed by atoms with Gasteiger partial charge in [0, 0.05) is 24.9 Å². The molecule has 27 heavy (non-hydrogen) atoms. The average Bonchev–Trinajstić information content (AvgIpc) is 3.42. The highest BCUT2D eigenvalue weighted by atomic mass is 32.1. The molecule has 1 amide bonds. The van der Waals surface area contributed by atoms with E-state index in [1.165, 1.54) is 48.4 Å². The number of aryl methyl sites for hydroxylation is 1. The summed E-state index contributed by atoms with van der Waals surface area (Å²) >= 11 is 3.12. The molecule has 0 bridgehead atoms. The number of benzene rings is 1. The summed E-state index contributed by atoms with van der Waals surface area (Å²) in [6, 6.07) is 12.5. The van der Waals surface area contributed by atoms with E-state index in [1.54, 1.807) is 16.2 Å². The fourth-order valence-corrected chi connectivity index (χ4v) is 5.37. The number of rotatable bonds is 6. The molecule has 1 aromatic carbocycles. The van der Waals surface area contributed by atoms with Gasteiger partial charge in [0.15, 0.2) is 0 Å². The first-order chi connectivity index (χ1) is 13.2. The molecule has 1 aliphatic rings. The number of nitrogens with one attached hydrogen (secondary N) is 2. The van der Waals surface area contributed by atoms with Gasteiger partial charge in [-0.15, -0.1) is 22.7 Å². The number of thiazole rings is 1. The Bertz CT molecular complexity index is 911. The number of nitrogens with zero attached hydrogens (tertiary/aromatic N) is 1. The predicted octanol–water partition coefficient (Wildman–Crippen LogP) is 3.29. The number of hydrogen-bond acceptors (Lipinski definition) is 4. The van der Waals surface area contributed by atoms with Crippen LogP contribution in [0.2, 0.25) is 0 Å². The number of carbonyl (C=O) groups excluding carboxylic acids is 1. The molecule has 0 radical (unpaired) electrons. The standard InChI is InChI=1S/C21H23N3OS2/c1-15-19(27-21(23-15)18-9-6-12-26-18)20(25)22-13-16-7-2-3-8-17(16)14-24-10-4-5-11-24/h2-3,6-9,12H,4-5,10-11,13-14H2,1H3,(H,22,25)/p+1. The lowest BCUT2D eigenvalue weighted by atomic mass is 10.1. The normalized spacial score (nSPS) is 14.6. The zero-order valence-corrected chi connectivity index (χ0v) is 17.1. The van der Waals surface area contributed by atoms with Crippen LogP contribution in [-0.4, -0.2) is 24.0 Å². The Balaban J connectivity index is 1.44. The number of carbonyl (C=O) groups is 1. The van der Waals surface area contributed by atoms with Crippen molar-refractivity contribution in [2.75, 3.05) is 13.1 Å². The third-order valence-electron chi connectivity index (χ3n) is 5.04. The Morgan fingerprint density at radius 3 is 2.67 bits per heavy atom. The molecule has 3 aromatic rings. The second kappa shape index (κ2) is 8.33. The summed E-state index contributed by atoms with van der Waals surface area (Å²) in [6.45, 7) is 6.04. The number of aromatic nitrogens is 1. The smallest absolute Gasteiger partial charge is 0.263 e. The Hall–Kier alpha value is -2.02. The van der Waals surface area contributed by atoms with E-state index < -0.39 is 0 Å². The summed E-state index contributed by atoms with van der Waals surface area (Å²) in [7, 11) is 0. The summed E-state index contributed by atoms with van der Waals surface area (Å²) in [6.07, 6.45) is 2.65. The number of thiophene rings is 1. The molecule has 6 heteroatoms. The molecule has 4 rings (SSSR count). The molecule has 0 atom stereocenters. The molecule has 0 spiro atoms. The van der Waals surface area contributed by atoms with E-state index in [0.717, 1.165) is 22.1 Å². The number of quaternary nitrogens is 1. The minimum Gasteiger partial charge on any atom is -0.347 e. The Morgan fingerprint density at radius 2 is 1.93 bits per heavy atom. The van der Waals surface area contributed by atoms with Gasteiger partial charge in [-0.3, -0.25) is 4.79 Å². The molecule has 1 saturated heterocycles. The van der Waals surface area contributed by atoms with Gasteiger partial charge < -0.3 is 10.2 Å². The lowest BCUT2D eigenvalue weighted by molar-refractivity contribution is -0.901. The van der Waals surface area contributed by atoms with Gasteiger partial charge in [0.05, 0.1) is 23.7 Å². The van der Waals surface area contributed by atoms with Gasteiger partial charge in [-0.2, -0.15) is 0 Å². The monoisotopic (exact) mass is 398 g/mol. The summed E-state index contributed by atoms with van der Waals surface area (Å²) in [5.74, 6) is -0.0314. The van der Waals surface area contributed by atoms with Crippen LogP contribution < -0.4 is 10.2 Å². The molecule has 1 aliphatic heterocycles. The largest absolute Gasteiger partial charge is 0.347 e. The first-order valence-electron chi connectivity index (χ1n) is 9.40. The Labute approximate surface area is 167 Å². The number of hydrogen-bond donors (Lipinski definition) is 2. The van der Waals surface area contributed by atoms with Crippen molar-refractivity contribution in [3.05, 3.63) is 63.5 Å². The van der Waals surface area contributed by atoms with Gasteiger partial charge in [0.1, 0.15) is 16.4 Å². The molecular weight excluding hydrogens is 374 g/mol. The van der Waals surface area contributed by atoms with Crippen molar-refractivity contribution in [1.29, 1.82) is 0 Å². The van der Waals surface area contributed by atoms with Crippen LogP contribution in [0.3, 0.4) is 0 Å². The van der Waals surface area contributed by atoms with Gasteiger partial charge in [-0.1, -0.05) is 30.3 Å². The van der Waals surface area contributed by atoms with Crippen LogP contribution in [0.4, 0.5) is 0 Å². The van der Waals surface area contributed by atoms with Crippen molar-refractivity contribution < 1.29 is 9.69 Å². The number of amides is 1. The highest BCUT2D eigenvalue weighted by Gasteiger charge is 2.19. The van der Waals surface area contributed by atoms with E-state index >= 15 is 0 Å². The zero-order valence-electron chi connectivity index (χ0n) is 15.5. The minimum atomic E-state index is -0.0314. The lowest BCUT2D eigenvalue weighted by Crippen LogP contribution is -3.08. The maximum absolute atomic E-state index is 12.7. The average molecular weight is 399 g/mol. The van der Waals surface area contributed by atoms with Gasteiger partial charge in [0.25, 0.3) is 5.91 Å². The molecule has 0 saturated carbocycles. The molecule has 0 aliphatic carbocycles. The molecule has 4 nitrogen and oxygen atoms in total. The van der Waals surface area contributed by atoms with Crippen LogP contribution in [0.25, 0.3) is 9.88 Å². The van der Waals surface area contributed by atoms with Gasteiger partial charge in [-0.25, -0.2) is 4.98 Å². The van der Waals surface area contributed by atoms with E-state index in [9.17, 15) is 4.79 Å². The van der Waals surface area contributed by atoms with E-state index in [4.69, 9.17) is 0 Å². The Morgan fingerprint density at radius 1 is 1.15 bits per heavy atom. The summed E-state index contributed by atoms with van der Waals surface area (Å²) in [5, 5.41) is 6.06. The summed E-state index contributed by atoms with van der Waals surface area (Å²) in [4.78, 5) is 20.8. The SMILES string of the molecule is Cc1nc(-c2cccs2)sc1C(=O)NCc1ccccc1C[NH+]1CCCC1. The third kappa shape index (κ3) is 4.29. The maximum Gasteiger partial charge on any atom is 0.263 e. The van der Waals surface area contributed by atoms with Crippen LogP contribution in [0.15, 0.2) is 41.8 Å². The Kier molecular flexibility index (Phi) is 5.66. The quantitative estimate of drug-likeness (QED) is 0.669. The van der Waals surface area contributed by atoms with E-state index in [1.807, 2.05) is 24.4 Å². The molecule has 2 aromatic heterocycles. The maximum atomic E-state index is 12.7. The van der Waals surface area contributed by atoms with Crippen LogP contribution in [0.1, 0.15) is 39.3 Å². The van der Waals surface area contributed by atoms with E-state index in [2.05, 4.69) is 34.6 Å². The molecule has 3 heterocycles. The third-order valence-corrected chi connectivity index (χ3v) is 7.24. The summed E-state index contributed by atoms with van der Waals surface area (Å²) in [5.41, 5.74) is 3.36. The second-order valence-corrected chi connectivity index (χ2v) is 8.94. The van der Waals surface area contributed by atoms with Crippen molar-refractivity contribution in [2.45, 2.75) is 32.9 Å². The lowest BCUT2D eigenvalue weighted by Gasteiger charge is -2.15. The highest BCUT2D eigenvalue weighted by molar-refractivity contribution is 7.22. The molecule has 2 N–H and O–H groups in total. The van der Waals surface area contributed by atoms with Crippen molar-refractivity contribution in [1.82, 2.24) is 10.3 Å². The molecule has 0 unspecified atom stereocenters. The molecular formula is C21H24N3OS2+. The van der Waals surface area contributed by atoms with Crippen molar-refractivity contribution in [3.8, 4) is 9.88 Å². The molecule has 140 valence electrons. The predicted molar refractivity (Wildman–Crippen MR) is 111 cm³/mol. The fourth-order valence-electron chi connectivity index (χ4n) is 3.59. The van der Waals surface area contributed by atoms with Crippen LogP contribution in [0, 0.1) is 6.92 Å². The van der Waals surface area contributed by atoms with Crippen molar-refractivity contribution in [2.24, 2.45) is 0 Å².